The Balaban J connectivity index is 1.70. The van der Waals surface area contributed by atoms with E-state index in [9.17, 15) is 9.59 Å². The number of methoxy groups -OCH3 is 1. The van der Waals surface area contributed by atoms with Crippen molar-refractivity contribution in [1.29, 1.82) is 0 Å². The van der Waals surface area contributed by atoms with Gasteiger partial charge in [0.25, 0.3) is 0 Å². The molecule has 0 N–H and O–H groups in total. The van der Waals surface area contributed by atoms with Gasteiger partial charge in [-0.05, 0) is 25.8 Å². The summed E-state index contributed by atoms with van der Waals surface area (Å²) < 4.78 is 16.3. The Bertz CT molecular complexity index is 615. The smallest absolute Gasteiger partial charge is 0.410 e. The molecule has 0 aliphatic carbocycles. The third-order valence-electron chi connectivity index (χ3n) is 4.68. The zero-order chi connectivity index (χ0) is 17.3. The van der Waals surface area contributed by atoms with Crippen LogP contribution >= 0.6 is 0 Å². The van der Waals surface area contributed by atoms with Crippen LogP contribution in [0.1, 0.15) is 25.8 Å². The fraction of sp³-hybridized carbons (Fsp3) is 0.556. The maximum absolute atomic E-state index is 12.5. The summed E-state index contributed by atoms with van der Waals surface area (Å²) in [5, 5.41) is 0. The van der Waals surface area contributed by atoms with Crippen molar-refractivity contribution >= 4 is 12.1 Å². The number of hydrogen-bond donors (Lipinski definition) is 0. The maximum Gasteiger partial charge on any atom is 0.410 e. The van der Waals surface area contributed by atoms with Gasteiger partial charge in [0.05, 0.1) is 25.4 Å². The Kier molecular flexibility index (Phi) is 4.49. The number of esters is 1. The molecule has 2 heterocycles. The lowest BCUT2D eigenvalue weighted by molar-refractivity contribution is -0.146. The summed E-state index contributed by atoms with van der Waals surface area (Å²) in [5.41, 5.74) is 0.610. The number of likely N-dealkylation sites (tertiary alicyclic amines) is 1. The van der Waals surface area contributed by atoms with Crippen molar-refractivity contribution in [1.82, 2.24) is 4.90 Å². The number of hydrogen-bond acceptors (Lipinski definition) is 5. The molecule has 3 rings (SSSR count). The molecule has 1 aromatic carbocycles. The first kappa shape index (κ1) is 16.8. The Morgan fingerprint density at radius 2 is 2.00 bits per heavy atom. The van der Waals surface area contributed by atoms with Crippen LogP contribution in [-0.2, 0) is 25.6 Å². The third-order valence-corrected chi connectivity index (χ3v) is 4.68. The van der Waals surface area contributed by atoms with E-state index in [4.69, 9.17) is 14.2 Å². The zero-order valence-electron chi connectivity index (χ0n) is 14.2. The highest BCUT2D eigenvalue weighted by atomic mass is 16.6. The molecule has 130 valence electrons. The van der Waals surface area contributed by atoms with E-state index in [1.54, 1.807) is 0 Å². The number of amides is 1. The van der Waals surface area contributed by atoms with E-state index in [1.807, 2.05) is 44.2 Å². The largest absolute Gasteiger partial charge is 0.467 e. The van der Waals surface area contributed by atoms with Crippen LogP contribution in [0, 0.1) is 5.92 Å². The minimum Gasteiger partial charge on any atom is -0.467 e. The van der Waals surface area contributed by atoms with Gasteiger partial charge in [-0.3, -0.25) is 4.90 Å². The number of carbonyl (C=O) groups is 2. The summed E-state index contributed by atoms with van der Waals surface area (Å²) in [6.45, 7) is 4.52. The fourth-order valence-electron chi connectivity index (χ4n) is 3.68. The number of fused-ring (bicyclic) bond motifs is 1. The van der Waals surface area contributed by atoms with E-state index in [1.165, 1.54) is 12.0 Å². The Labute approximate surface area is 141 Å². The number of ether oxygens (including phenoxy) is 3. The highest BCUT2D eigenvalue weighted by Crippen LogP contribution is 2.43. The predicted molar refractivity (Wildman–Crippen MR) is 86.2 cm³/mol. The van der Waals surface area contributed by atoms with Crippen LogP contribution in [0.15, 0.2) is 30.3 Å². The van der Waals surface area contributed by atoms with Crippen molar-refractivity contribution in [3.05, 3.63) is 35.9 Å². The van der Waals surface area contributed by atoms with Crippen molar-refractivity contribution < 1.29 is 23.8 Å². The molecule has 1 amide bonds. The van der Waals surface area contributed by atoms with Crippen LogP contribution in [0.2, 0.25) is 0 Å². The molecule has 3 atom stereocenters. The van der Waals surface area contributed by atoms with E-state index in [0.29, 0.717) is 13.0 Å². The van der Waals surface area contributed by atoms with Gasteiger partial charge in [0.2, 0.25) is 0 Å². The number of nitrogens with zero attached hydrogens (tertiary/aromatic N) is 1. The van der Waals surface area contributed by atoms with Gasteiger partial charge >= 0.3 is 12.1 Å². The van der Waals surface area contributed by atoms with Crippen molar-refractivity contribution in [3.63, 3.8) is 0 Å². The Morgan fingerprint density at radius 3 is 2.67 bits per heavy atom. The Morgan fingerprint density at radius 1 is 1.29 bits per heavy atom. The van der Waals surface area contributed by atoms with Crippen LogP contribution in [0.4, 0.5) is 4.79 Å². The lowest BCUT2D eigenvalue weighted by Gasteiger charge is -2.27. The summed E-state index contributed by atoms with van der Waals surface area (Å²) in [6, 6.07) is 8.79. The average Bonchev–Trinajstić information content (AvgIpc) is 3.04. The highest BCUT2D eigenvalue weighted by molar-refractivity contribution is 5.82. The van der Waals surface area contributed by atoms with E-state index in [-0.39, 0.29) is 24.2 Å². The van der Waals surface area contributed by atoms with Crippen LogP contribution in [0.25, 0.3) is 0 Å². The van der Waals surface area contributed by atoms with Crippen LogP contribution in [0.5, 0.6) is 0 Å². The average molecular weight is 333 g/mol. The Hall–Kier alpha value is -2.08. The lowest BCUT2D eigenvalue weighted by atomic mass is 9.90. The number of benzene rings is 1. The van der Waals surface area contributed by atoms with E-state index in [0.717, 1.165) is 5.56 Å². The third kappa shape index (κ3) is 3.24. The molecule has 0 unspecified atom stereocenters. The quantitative estimate of drug-likeness (QED) is 0.795. The standard InChI is InChI=1S/C18H23NO5/c1-18(2)9-13-14(24-18)10-19(15(13)16(20)22-3)17(21)23-11-12-7-5-4-6-8-12/h4-8,13-15H,9-11H2,1-3H3/t13-,14-,15-/m0/s1. The van der Waals surface area contributed by atoms with Gasteiger partial charge in [-0.25, -0.2) is 9.59 Å². The monoisotopic (exact) mass is 333 g/mol. The summed E-state index contributed by atoms with van der Waals surface area (Å²) >= 11 is 0. The van der Waals surface area contributed by atoms with Gasteiger partial charge in [0.15, 0.2) is 0 Å². The molecule has 24 heavy (non-hydrogen) atoms. The molecular weight excluding hydrogens is 310 g/mol. The van der Waals surface area contributed by atoms with Crippen LogP contribution < -0.4 is 0 Å². The van der Waals surface area contributed by atoms with E-state index in [2.05, 4.69) is 0 Å². The molecule has 2 aliphatic rings. The van der Waals surface area contributed by atoms with E-state index < -0.39 is 18.1 Å². The molecule has 0 bridgehead atoms. The molecule has 6 nitrogen and oxygen atoms in total. The summed E-state index contributed by atoms with van der Waals surface area (Å²) in [5.74, 6) is -0.475. The van der Waals surface area contributed by atoms with Crippen molar-refractivity contribution in [2.24, 2.45) is 5.92 Å². The van der Waals surface area contributed by atoms with Gasteiger partial charge in [-0.1, -0.05) is 30.3 Å². The van der Waals surface area contributed by atoms with Gasteiger partial charge < -0.3 is 14.2 Å². The second-order valence-electron chi connectivity index (χ2n) is 6.94. The number of rotatable bonds is 3. The molecule has 2 saturated heterocycles. The normalized spacial score (nSPS) is 27.6. The molecule has 2 fully saturated rings. The fourth-order valence-corrected chi connectivity index (χ4v) is 3.68. The second kappa shape index (κ2) is 6.43. The number of carbonyl (C=O) groups excluding carboxylic acids is 2. The van der Waals surface area contributed by atoms with Gasteiger partial charge in [-0.2, -0.15) is 0 Å². The highest BCUT2D eigenvalue weighted by Gasteiger charge is 2.56. The topological polar surface area (TPSA) is 65.1 Å². The van der Waals surface area contributed by atoms with Gasteiger partial charge in [0, 0.05) is 5.92 Å². The minimum atomic E-state index is -0.648. The molecule has 1 aromatic rings. The van der Waals surface area contributed by atoms with Crippen LogP contribution in [0.3, 0.4) is 0 Å². The zero-order valence-corrected chi connectivity index (χ0v) is 14.2. The summed E-state index contributed by atoms with van der Waals surface area (Å²) in [7, 11) is 1.34. The first-order chi connectivity index (χ1) is 11.4. The molecular formula is C18H23NO5. The van der Waals surface area contributed by atoms with Gasteiger partial charge in [0.1, 0.15) is 12.6 Å². The molecule has 0 radical (unpaired) electrons. The molecule has 0 aromatic heterocycles. The first-order valence-electron chi connectivity index (χ1n) is 8.14. The molecule has 0 saturated carbocycles. The summed E-state index contributed by atoms with van der Waals surface area (Å²) in [4.78, 5) is 26.2. The van der Waals surface area contributed by atoms with Crippen molar-refractivity contribution in [2.45, 2.75) is 44.6 Å². The maximum atomic E-state index is 12.5. The van der Waals surface area contributed by atoms with Gasteiger partial charge in [-0.15, -0.1) is 0 Å². The SMILES string of the molecule is COC(=O)[C@@H]1[C@H]2CC(C)(C)O[C@H]2CN1C(=O)OCc1ccccc1. The second-order valence-corrected chi connectivity index (χ2v) is 6.94. The van der Waals surface area contributed by atoms with Crippen molar-refractivity contribution in [3.8, 4) is 0 Å². The first-order valence-corrected chi connectivity index (χ1v) is 8.14. The summed E-state index contributed by atoms with van der Waals surface area (Å²) in [6.07, 6.45) is 0.0401. The van der Waals surface area contributed by atoms with E-state index >= 15 is 0 Å². The van der Waals surface area contributed by atoms with Crippen molar-refractivity contribution in [2.75, 3.05) is 13.7 Å². The molecule has 0 spiro atoms. The van der Waals surface area contributed by atoms with Crippen LogP contribution in [-0.4, -0.2) is 48.4 Å². The lowest BCUT2D eigenvalue weighted by Crippen LogP contribution is -2.45. The molecule has 6 heteroatoms. The predicted octanol–water partition coefficient (Wildman–Crippen LogP) is 2.36. The minimum absolute atomic E-state index is 0.0586. The molecule has 2 aliphatic heterocycles.